The van der Waals surface area contributed by atoms with Crippen molar-refractivity contribution in [1.29, 1.82) is 0 Å². The van der Waals surface area contributed by atoms with E-state index in [4.69, 9.17) is 4.74 Å². The van der Waals surface area contributed by atoms with E-state index < -0.39 is 0 Å². The number of hydrogen-bond acceptors (Lipinski definition) is 5. The van der Waals surface area contributed by atoms with Gasteiger partial charge in [0, 0.05) is 56.7 Å². The molecule has 1 aliphatic heterocycles. The molecule has 0 bridgehead atoms. The topological polar surface area (TPSA) is 67.9 Å². The lowest BCUT2D eigenvalue weighted by atomic mass is 9.86. The lowest BCUT2D eigenvalue weighted by Gasteiger charge is -2.36. The number of aryl methyl sites for hydroxylation is 1. The zero-order chi connectivity index (χ0) is 22.1. The summed E-state index contributed by atoms with van der Waals surface area (Å²) in [6.07, 6.45) is 13.9. The van der Waals surface area contributed by atoms with Crippen LogP contribution in [-0.4, -0.2) is 62.7 Å². The van der Waals surface area contributed by atoms with Crippen molar-refractivity contribution in [2.45, 2.75) is 45.1 Å². The summed E-state index contributed by atoms with van der Waals surface area (Å²) >= 11 is 0. The van der Waals surface area contributed by atoms with Gasteiger partial charge in [-0.05, 0) is 31.7 Å². The van der Waals surface area contributed by atoms with E-state index in [2.05, 4.69) is 34.2 Å². The first-order valence-corrected chi connectivity index (χ1v) is 11.8. The molecule has 0 aromatic carbocycles. The number of piperazine rings is 1. The van der Waals surface area contributed by atoms with Gasteiger partial charge in [-0.25, -0.2) is 9.31 Å². The largest absolute Gasteiger partial charge is 0.446 e. The van der Waals surface area contributed by atoms with Crippen LogP contribution in [0.5, 0.6) is 0 Å². The monoisotopic (exact) mass is 436 g/mol. The van der Waals surface area contributed by atoms with Crippen molar-refractivity contribution in [3.05, 3.63) is 36.9 Å². The Morgan fingerprint density at radius 1 is 1.00 bits per heavy atom. The molecule has 1 saturated heterocycles. The first-order valence-electron chi connectivity index (χ1n) is 11.8. The quantitative estimate of drug-likeness (QED) is 0.619. The lowest BCUT2D eigenvalue weighted by Crippen LogP contribution is -2.49. The van der Waals surface area contributed by atoms with Crippen LogP contribution >= 0.6 is 0 Å². The highest BCUT2D eigenvalue weighted by molar-refractivity contribution is 5.76. The highest BCUT2D eigenvalue weighted by Crippen LogP contribution is 2.29. The zero-order valence-electron chi connectivity index (χ0n) is 19.0. The third kappa shape index (κ3) is 4.18. The van der Waals surface area contributed by atoms with Crippen molar-refractivity contribution in [1.82, 2.24) is 24.3 Å². The van der Waals surface area contributed by atoms with Gasteiger partial charge in [0.25, 0.3) is 0 Å². The van der Waals surface area contributed by atoms with E-state index >= 15 is 0 Å². The van der Waals surface area contributed by atoms with Crippen LogP contribution in [0.1, 0.15) is 39.0 Å². The van der Waals surface area contributed by atoms with E-state index in [1.165, 1.54) is 32.1 Å². The minimum absolute atomic E-state index is 0.00876. The van der Waals surface area contributed by atoms with Gasteiger partial charge in [-0.3, -0.25) is 4.68 Å². The molecule has 170 valence electrons. The van der Waals surface area contributed by atoms with Gasteiger partial charge >= 0.3 is 6.09 Å². The van der Waals surface area contributed by atoms with Gasteiger partial charge in [0.15, 0.2) is 0 Å². The summed E-state index contributed by atoms with van der Waals surface area (Å²) in [7, 11) is 1.92. The highest BCUT2D eigenvalue weighted by Gasteiger charge is 2.28. The Bertz CT molecular complexity index is 1080. The molecular formula is C24H32N6O2. The molecule has 1 aliphatic carbocycles. The Kier molecular flexibility index (Phi) is 5.76. The molecule has 0 N–H and O–H groups in total. The smallest absolute Gasteiger partial charge is 0.410 e. The fraction of sp³-hybridized carbons (Fsp3) is 0.542. The normalized spacial score (nSPS) is 18.8. The Morgan fingerprint density at radius 3 is 2.50 bits per heavy atom. The van der Waals surface area contributed by atoms with Gasteiger partial charge in [0.1, 0.15) is 6.10 Å². The van der Waals surface area contributed by atoms with Crippen molar-refractivity contribution < 1.29 is 9.53 Å². The molecular weight excluding hydrogens is 404 g/mol. The molecule has 2 fully saturated rings. The van der Waals surface area contributed by atoms with Crippen molar-refractivity contribution in [2.24, 2.45) is 13.0 Å². The molecule has 4 heterocycles. The molecule has 1 atom stereocenters. The van der Waals surface area contributed by atoms with E-state index in [1.54, 1.807) is 4.68 Å². The third-order valence-electron chi connectivity index (χ3n) is 7.01. The first-order chi connectivity index (χ1) is 15.6. The summed E-state index contributed by atoms with van der Waals surface area (Å²) in [5.74, 6) is 0.518. The molecule has 8 heteroatoms. The average molecular weight is 437 g/mol. The van der Waals surface area contributed by atoms with Crippen LogP contribution < -0.4 is 4.90 Å². The van der Waals surface area contributed by atoms with Crippen molar-refractivity contribution >= 4 is 17.3 Å². The maximum atomic E-state index is 12.7. The minimum atomic E-state index is -0.163. The van der Waals surface area contributed by atoms with E-state index in [1.807, 2.05) is 41.3 Å². The summed E-state index contributed by atoms with van der Waals surface area (Å²) in [5, 5.41) is 8.83. The Morgan fingerprint density at radius 2 is 1.78 bits per heavy atom. The van der Waals surface area contributed by atoms with Gasteiger partial charge < -0.3 is 14.5 Å². The van der Waals surface area contributed by atoms with E-state index in [-0.39, 0.29) is 12.2 Å². The van der Waals surface area contributed by atoms with E-state index in [0.29, 0.717) is 19.0 Å². The molecule has 0 spiro atoms. The van der Waals surface area contributed by atoms with Crippen molar-refractivity contribution in [3.63, 3.8) is 0 Å². The number of carbonyl (C=O) groups is 1. The summed E-state index contributed by atoms with van der Waals surface area (Å²) in [5.41, 5.74) is 4.33. The minimum Gasteiger partial charge on any atom is -0.446 e. The van der Waals surface area contributed by atoms with Crippen molar-refractivity contribution in [3.8, 4) is 11.1 Å². The molecule has 1 amide bonds. The third-order valence-corrected chi connectivity index (χ3v) is 7.01. The molecule has 0 radical (unpaired) electrons. The van der Waals surface area contributed by atoms with Crippen LogP contribution in [0.15, 0.2) is 36.9 Å². The number of carbonyl (C=O) groups excluding carboxylic acids is 1. The summed E-state index contributed by atoms with van der Waals surface area (Å²) in [6, 6.07) is 4.22. The number of fused-ring (bicyclic) bond motifs is 1. The second-order valence-electron chi connectivity index (χ2n) is 9.14. The van der Waals surface area contributed by atoms with E-state index in [0.717, 1.165) is 35.4 Å². The molecule has 0 unspecified atom stereocenters. The Balaban J connectivity index is 1.21. The number of pyridine rings is 1. The van der Waals surface area contributed by atoms with Gasteiger partial charge in [0.05, 0.1) is 23.6 Å². The molecule has 2 aliphatic rings. The first kappa shape index (κ1) is 20.8. The van der Waals surface area contributed by atoms with Crippen LogP contribution in [0.4, 0.5) is 10.5 Å². The number of anilines is 1. The van der Waals surface area contributed by atoms with E-state index in [9.17, 15) is 4.79 Å². The molecule has 32 heavy (non-hydrogen) atoms. The number of hydrogen-bond donors (Lipinski definition) is 0. The van der Waals surface area contributed by atoms with Gasteiger partial charge in [-0.1, -0.05) is 25.3 Å². The number of aromatic nitrogens is 4. The number of rotatable bonds is 4. The predicted molar refractivity (Wildman–Crippen MR) is 124 cm³/mol. The maximum Gasteiger partial charge on any atom is 0.410 e. The predicted octanol–water partition coefficient (Wildman–Crippen LogP) is 3.96. The van der Waals surface area contributed by atoms with Crippen LogP contribution in [0.2, 0.25) is 0 Å². The summed E-state index contributed by atoms with van der Waals surface area (Å²) < 4.78 is 9.55. The average Bonchev–Trinajstić information content (AvgIpc) is 3.45. The standard InChI is InChI=1S/C24H32N6O2/c1-18(19-6-4-3-5-7-19)32-24(31)29-12-10-28(11-13-29)23-15-26-30-17-20(8-9-22(23)30)21-14-25-27(2)16-21/h8-9,14-19H,3-7,10-13H2,1-2H3/t18-/m1/s1. The number of nitrogens with zero attached hydrogens (tertiary/aromatic N) is 6. The second kappa shape index (κ2) is 8.84. The van der Waals surface area contributed by atoms with Gasteiger partial charge in [-0.2, -0.15) is 10.2 Å². The SMILES string of the molecule is C[C@@H](OC(=O)N1CCN(c2cnn3cc(-c4cnn(C)c4)ccc23)CC1)C1CCCCC1. The van der Waals surface area contributed by atoms with Crippen LogP contribution in [0.25, 0.3) is 16.6 Å². The summed E-state index contributed by atoms with van der Waals surface area (Å²) in [4.78, 5) is 16.8. The molecule has 3 aromatic heterocycles. The van der Waals surface area contributed by atoms with Crippen LogP contribution in [0, 0.1) is 5.92 Å². The second-order valence-corrected chi connectivity index (χ2v) is 9.14. The lowest BCUT2D eigenvalue weighted by molar-refractivity contribution is 0.0329. The number of amides is 1. The fourth-order valence-corrected chi connectivity index (χ4v) is 5.02. The van der Waals surface area contributed by atoms with Crippen molar-refractivity contribution in [2.75, 3.05) is 31.1 Å². The Labute approximate surface area is 188 Å². The maximum absolute atomic E-state index is 12.7. The highest BCUT2D eigenvalue weighted by atomic mass is 16.6. The van der Waals surface area contributed by atoms with Crippen LogP contribution in [-0.2, 0) is 11.8 Å². The molecule has 1 saturated carbocycles. The van der Waals surface area contributed by atoms with Crippen LogP contribution in [0.3, 0.4) is 0 Å². The fourth-order valence-electron chi connectivity index (χ4n) is 5.02. The molecule has 3 aromatic rings. The molecule has 5 rings (SSSR count). The van der Waals surface area contributed by atoms with Gasteiger partial charge in [0.2, 0.25) is 0 Å². The molecule has 8 nitrogen and oxygen atoms in total. The number of ether oxygens (including phenoxy) is 1. The van der Waals surface area contributed by atoms with Gasteiger partial charge in [-0.15, -0.1) is 0 Å². The zero-order valence-corrected chi connectivity index (χ0v) is 19.0. The summed E-state index contributed by atoms with van der Waals surface area (Å²) in [6.45, 7) is 4.95. The Hall–Kier alpha value is -3.03.